The molecule has 0 aromatic carbocycles. The summed E-state index contributed by atoms with van der Waals surface area (Å²) in [6.45, 7) is 0. The third-order valence-corrected chi connectivity index (χ3v) is 4.71. The molecule has 4 heterocycles. The zero-order valence-electron chi connectivity index (χ0n) is 13.8. The molecule has 0 aliphatic heterocycles. The molecule has 0 spiro atoms. The maximum absolute atomic E-state index is 13.6. The van der Waals surface area contributed by atoms with E-state index in [2.05, 4.69) is 20.6 Å². The summed E-state index contributed by atoms with van der Waals surface area (Å²) in [6.07, 6.45) is 2.72. The van der Waals surface area contributed by atoms with Crippen molar-refractivity contribution in [1.29, 1.82) is 0 Å². The van der Waals surface area contributed by atoms with Gasteiger partial charge in [0, 0.05) is 30.9 Å². The number of rotatable bonds is 4. The van der Waals surface area contributed by atoms with E-state index in [1.54, 1.807) is 19.2 Å². The van der Waals surface area contributed by atoms with E-state index in [4.69, 9.17) is 27.6 Å². The van der Waals surface area contributed by atoms with Crippen molar-refractivity contribution in [3.05, 3.63) is 58.3 Å². The maximum Gasteiger partial charge on any atom is 0.260 e. The summed E-state index contributed by atoms with van der Waals surface area (Å²) < 4.78 is 19.4. The summed E-state index contributed by atoms with van der Waals surface area (Å²) >= 11 is 11.7. The van der Waals surface area contributed by atoms with Gasteiger partial charge in [0.1, 0.15) is 10.7 Å². The lowest BCUT2D eigenvalue weighted by atomic mass is 9.99. The number of halogens is 3. The van der Waals surface area contributed by atoms with Gasteiger partial charge in [-0.25, -0.2) is 9.97 Å². The first-order valence-electron chi connectivity index (χ1n) is 7.79. The number of benzene rings is 1. The minimum atomic E-state index is -0.656. The van der Waals surface area contributed by atoms with Crippen molar-refractivity contribution >= 4 is 51.6 Å². The van der Waals surface area contributed by atoms with Crippen LogP contribution in [-0.2, 0) is 0 Å². The van der Waals surface area contributed by atoms with Gasteiger partial charge in [0.25, 0.3) is 5.91 Å². The largest absolute Gasteiger partial charge is 0.454 e. The molecule has 136 valence electrons. The average molecular weight is 405 g/mol. The van der Waals surface area contributed by atoms with Gasteiger partial charge in [-0.2, -0.15) is 4.39 Å². The fraction of sp³-hybridized carbons (Fsp3) is 0.0556. The van der Waals surface area contributed by atoms with Gasteiger partial charge in [-0.3, -0.25) is 4.79 Å². The number of nitrogens with one attached hydrogen (secondary N) is 2. The predicted octanol–water partition coefficient (Wildman–Crippen LogP) is 5.07. The number of carbonyl (C=O) groups excluding carboxylic acids is 1. The van der Waals surface area contributed by atoms with Gasteiger partial charge in [0.05, 0.1) is 28.2 Å². The Morgan fingerprint density at radius 2 is 2.04 bits per heavy atom. The molecule has 4 aromatic heterocycles. The molecule has 4 rings (SSSR count). The third-order valence-electron chi connectivity index (χ3n) is 4.02. The first-order chi connectivity index (χ1) is 13.0. The van der Waals surface area contributed by atoms with Gasteiger partial charge in [-0.05, 0) is 17.7 Å². The van der Waals surface area contributed by atoms with E-state index in [0.717, 1.165) is 0 Å². The molecule has 0 radical (unpaired) electrons. The Morgan fingerprint density at radius 3 is 2.74 bits per heavy atom. The highest BCUT2D eigenvalue weighted by Gasteiger charge is 2.27. The molecule has 0 saturated heterocycles. The molecule has 0 fully saturated rings. The van der Waals surface area contributed by atoms with E-state index < -0.39 is 11.9 Å². The molecule has 2 bridgehead atoms. The smallest absolute Gasteiger partial charge is 0.260 e. The lowest BCUT2D eigenvalue weighted by Crippen LogP contribution is -2.13. The second kappa shape index (κ2) is 6.68. The number of pyridine rings is 2. The number of amides is 1. The van der Waals surface area contributed by atoms with Crippen LogP contribution in [0.15, 0.2) is 41.1 Å². The second-order valence-electron chi connectivity index (χ2n) is 5.67. The van der Waals surface area contributed by atoms with Crippen LogP contribution in [0.1, 0.15) is 10.4 Å². The van der Waals surface area contributed by atoms with Crippen LogP contribution in [0.5, 0.6) is 0 Å². The van der Waals surface area contributed by atoms with Crippen molar-refractivity contribution in [2.45, 2.75) is 0 Å². The number of furan rings is 2. The molecule has 6 nitrogen and oxygen atoms in total. The van der Waals surface area contributed by atoms with Crippen LogP contribution in [0.2, 0.25) is 10.2 Å². The van der Waals surface area contributed by atoms with Crippen molar-refractivity contribution in [1.82, 2.24) is 9.97 Å². The van der Waals surface area contributed by atoms with Crippen LogP contribution in [0.3, 0.4) is 0 Å². The molecule has 9 heteroatoms. The van der Waals surface area contributed by atoms with Crippen molar-refractivity contribution in [2.24, 2.45) is 0 Å². The highest BCUT2D eigenvalue weighted by molar-refractivity contribution is 6.41. The summed E-state index contributed by atoms with van der Waals surface area (Å²) in [5.41, 5.74) is 3.12. The lowest BCUT2D eigenvalue weighted by Gasteiger charge is -2.09. The number of aromatic nitrogens is 2. The normalized spacial score (nSPS) is 11.1. The summed E-state index contributed by atoms with van der Waals surface area (Å²) in [5, 5.41) is 6.05. The molecule has 0 atom stereocenters. The van der Waals surface area contributed by atoms with Crippen LogP contribution >= 0.6 is 23.2 Å². The molecule has 0 saturated carbocycles. The fourth-order valence-corrected chi connectivity index (χ4v) is 3.13. The zero-order valence-corrected chi connectivity index (χ0v) is 15.3. The van der Waals surface area contributed by atoms with Gasteiger partial charge in [-0.1, -0.05) is 23.2 Å². The maximum atomic E-state index is 13.6. The first-order valence-corrected chi connectivity index (χ1v) is 8.54. The molecule has 0 unspecified atom stereocenters. The van der Waals surface area contributed by atoms with E-state index in [1.807, 2.05) is 0 Å². The van der Waals surface area contributed by atoms with Crippen LogP contribution < -0.4 is 10.6 Å². The molecular weight excluding hydrogens is 394 g/mol. The van der Waals surface area contributed by atoms with E-state index in [9.17, 15) is 9.18 Å². The van der Waals surface area contributed by atoms with E-state index in [0.29, 0.717) is 33.7 Å². The van der Waals surface area contributed by atoms with Crippen molar-refractivity contribution in [3.8, 4) is 11.1 Å². The first kappa shape index (κ1) is 17.5. The molecule has 27 heavy (non-hydrogen) atoms. The standard InChI is InChI=1S/C18H11Cl2FN4O2/c1-22-11-6-12-15(18(26)25-9-5-10(19)17(20)24-7-9)14(16(11)27-12)8-2-3-23-13(21)4-8/h2-7,22H,1H3,(H,25,26). The van der Waals surface area contributed by atoms with Crippen LogP contribution in [-0.4, -0.2) is 22.9 Å². The number of nitrogens with zero attached hydrogens (tertiary/aromatic N) is 2. The number of carbonyl (C=O) groups is 1. The van der Waals surface area contributed by atoms with Gasteiger partial charge < -0.3 is 15.1 Å². The summed E-state index contributed by atoms with van der Waals surface area (Å²) in [7, 11) is 1.73. The Labute approximate surface area is 162 Å². The minimum absolute atomic E-state index is 0.136. The number of hydrogen-bond acceptors (Lipinski definition) is 5. The van der Waals surface area contributed by atoms with Crippen LogP contribution in [0.4, 0.5) is 15.8 Å². The van der Waals surface area contributed by atoms with E-state index >= 15 is 0 Å². The highest BCUT2D eigenvalue weighted by atomic mass is 35.5. The monoisotopic (exact) mass is 404 g/mol. The fourth-order valence-electron chi connectivity index (χ4n) is 2.86. The summed E-state index contributed by atoms with van der Waals surface area (Å²) in [6, 6.07) is 6.05. The topological polar surface area (TPSA) is 80.0 Å². The van der Waals surface area contributed by atoms with E-state index in [-0.39, 0.29) is 15.7 Å². The Hall–Kier alpha value is -2.90. The Kier molecular flexibility index (Phi) is 4.33. The van der Waals surface area contributed by atoms with Crippen molar-refractivity contribution in [3.63, 3.8) is 0 Å². The zero-order chi connectivity index (χ0) is 19.1. The van der Waals surface area contributed by atoms with Gasteiger partial charge >= 0.3 is 0 Å². The quantitative estimate of drug-likeness (QED) is 0.464. The molecule has 2 N–H and O–H groups in total. The highest BCUT2D eigenvalue weighted by Crippen LogP contribution is 2.42. The van der Waals surface area contributed by atoms with Gasteiger partial charge in [0.15, 0.2) is 5.58 Å². The van der Waals surface area contributed by atoms with Gasteiger partial charge in [-0.15, -0.1) is 0 Å². The van der Waals surface area contributed by atoms with Crippen molar-refractivity contribution in [2.75, 3.05) is 17.7 Å². The molecule has 4 aromatic rings. The van der Waals surface area contributed by atoms with Crippen LogP contribution in [0, 0.1) is 5.95 Å². The van der Waals surface area contributed by atoms with Gasteiger partial charge in [0.2, 0.25) is 5.95 Å². The Balaban J connectivity index is 1.80. The van der Waals surface area contributed by atoms with Crippen LogP contribution in [0.25, 0.3) is 22.3 Å². The van der Waals surface area contributed by atoms with Crippen molar-refractivity contribution < 1.29 is 13.6 Å². The summed E-state index contributed by atoms with van der Waals surface area (Å²) in [5.74, 6) is -1.10. The number of hydrogen-bond donors (Lipinski definition) is 2. The molecule has 0 aliphatic rings. The van der Waals surface area contributed by atoms with E-state index in [1.165, 1.54) is 24.5 Å². The average Bonchev–Trinajstić information content (AvgIpc) is 3.22. The third kappa shape index (κ3) is 3.05. The lowest BCUT2D eigenvalue weighted by molar-refractivity contribution is 0.102. The minimum Gasteiger partial charge on any atom is -0.454 e. The molecule has 0 aliphatic carbocycles. The SMILES string of the molecule is CNc1cc2oc1c(-c1ccnc(F)c1)c2C(=O)Nc1cnc(Cl)c(Cl)c1. The molecule has 1 amide bonds. The molecular formula is C18H11Cl2FN4O2. The summed E-state index contributed by atoms with van der Waals surface area (Å²) in [4.78, 5) is 20.4. The Morgan fingerprint density at radius 1 is 1.22 bits per heavy atom. The second-order valence-corrected chi connectivity index (χ2v) is 6.44. The Bertz CT molecular complexity index is 1160. The number of anilines is 2. The number of fused-ring (bicyclic) bond motifs is 2. The predicted molar refractivity (Wildman–Crippen MR) is 102 cm³/mol.